The number of hydrogen-bond acceptors (Lipinski definition) is 3. The molecule has 0 aliphatic rings. The maximum Gasteiger partial charge on any atom is 0.259 e. The first-order valence-electron chi connectivity index (χ1n) is 5.04. The minimum Gasteiger partial charge on any atom is -0.383 e. The third kappa shape index (κ3) is 3.20. The van der Waals surface area contributed by atoms with Crippen LogP contribution in [-0.2, 0) is 0 Å². The van der Waals surface area contributed by atoms with E-state index in [0.717, 1.165) is 9.26 Å². The molecule has 0 aliphatic heterocycles. The van der Waals surface area contributed by atoms with Gasteiger partial charge in [0.25, 0.3) is 5.91 Å². The monoisotopic (exact) mass is 417 g/mol. The lowest BCUT2D eigenvalue weighted by molar-refractivity contribution is 0.102. The molecule has 18 heavy (non-hydrogen) atoms. The molecule has 6 heteroatoms. The van der Waals surface area contributed by atoms with Crippen molar-refractivity contribution in [3.63, 3.8) is 0 Å². The van der Waals surface area contributed by atoms with Crippen molar-refractivity contribution < 1.29 is 4.79 Å². The van der Waals surface area contributed by atoms with Crippen LogP contribution in [0.2, 0.25) is 0 Å². The number of anilines is 2. The number of halogens is 2. The van der Waals surface area contributed by atoms with Gasteiger partial charge in [0.05, 0.1) is 5.56 Å². The zero-order valence-electron chi connectivity index (χ0n) is 9.15. The number of carbonyl (C=O) groups excluding carboxylic acids is 1. The molecule has 2 aromatic rings. The molecule has 0 saturated heterocycles. The molecule has 0 unspecified atom stereocenters. The average Bonchev–Trinajstić information content (AvgIpc) is 2.35. The highest BCUT2D eigenvalue weighted by Gasteiger charge is 2.11. The highest BCUT2D eigenvalue weighted by atomic mass is 127. The molecule has 0 spiro atoms. The molecule has 1 aromatic carbocycles. The van der Waals surface area contributed by atoms with Crippen molar-refractivity contribution >= 4 is 55.9 Å². The van der Waals surface area contributed by atoms with Crippen molar-refractivity contribution in [3.05, 3.63) is 50.1 Å². The predicted molar refractivity (Wildman–Crippen MR) is 83.5 cm³/mol. The second kappa shape index (κ2) is 5.66. The summed E-state index contributed by atoms with van der Waals surface area (Å²) in [5, 5.41) is 2.77. The second-order valence-corrected chi connectivity index (χ2v) is 5.71. The normalized spacial score (nSPS) is 10.1. The number of amides is 1. The van der Waals surface area contributed by atoms with Gasteiger partial charge in [0.2, 0.25) is 0 Å². The lowest BCUT2D eigenvalue weighted by atomic mass is 10.2. The Balaban J connectivity index is 2.21. The zero-order valence-corrected chi connectivity index (χ0v) is 12.9. The van der Waals surface area contributed by atoms with Crippen LogP contribution in [0.25, 0.3) is 0 Å². The van der Waals surface area contributed by atoms with Crippen LogP contribution in [0.15, 0.2) is 41.0 Å². The van der Waals surface area contributed by atoms with Crippen molar-refractivity contribution in [1.82, 2.24) is 4.98 Å². The number of rotatable bonds is 2. The molecule has 0 atom stereocenters. The van der Waals surface area contributed by atoms with Crippen LogP contribution in [0.5, 0.6) is 0 Å². The zero-order chi connectivity index (χ0) is 13.1. The molecule has 1 aromatic heterocycles. The van der Waals surface area contributed by atoms with Gasteiger partial charge in [-0.15, -0.1) is 0 Å². The summed E-state index contributed by atoms with van der Waals surface area (Å²) in [5.74, 6) is -0.0660. The maximum atomic E-state index is 12.0. The fourth-order valence-corrected chi connectivity index (χ4v) is 2.05. The first kappa shape index (κ1) is 13.3. The third-order valence-corrected chi connectivity index (χ3v) is 3.38. The van der Waals surface area contributed by atoms with E-state index in [-0.39, 0.29) is 11.7 Å². The summed E-state index contributed by atoms with van der Waals surface area (Å²) in [6.07, 6.45) is 1.55. The predicted octanol–water partition coefficient (Wildman–Crippen LogP) is 3.28. The molecule has 1 amide bonds. The maximum absolute atomic E-state index is 12.0. The van der Waals surface area contributed by atoms with Gasteiger partial charge in [-0.05, 0) is 68.9 Å². The second-order valence-electron chi connectivity index (χ2n) is 3.55. The van der Waals surface area contributed by atoms with Crippen molar-refractivity contribution in [2.75, 3.05) is 11.1 Å². The topological polar surface area (TPSA) is 68.0 Å². The molecule has 0 aliphatic carbocycles. The largest absolute Gasteiger partial charge is 0.383 e. The Morgan fingerprint density at radius 3 is 2.67 bits per heavy atom. The molecule has 0 saturated carbocycles. The summed E-state index contributed by atoms with van der Waals surface area (Å²) in [6, 6.07) is 9.14. The number of benzene rings is 1. The number of pyridine rings is 1. The van der Waals surface area contributed by atoms with Gasteiger partial charge >= 0.3 is 0 Å². The molecular formula is C12H9BrIN3O. The first-order chi connectivity index (χ1) is 8.56. The highest BCUT2D eigenvalue weighted by Crippen LogP contribution is 2.18. The summed E-state index contributed by atoms with van der Waals surface area (Å²) in [6.45, 7) is 0. The van der Waals surface area contributed by atoms with Gasteiger partial charge in [0.1, 0.15) is 5.82 Å². The van der Waals surface area contributed by atoms with Gasteiger partial charge in [-0.2, -0.15) is 0 Å². The summed E-state index contributed by atoms with van der Waals surface area (Å²) in [7, 11) is 0. The smallest absolute Gasteiger partial charge is 0.259 e. The van der Waals surface area contributed by atoms with Crippen molar-refractivity contribution in [2.24, 2.45) is 0 Å². The Kier molecular flexibility index (Phi) is 4.18. The van der Waals surface area contributed by atoms with E-state index in [2.05, 4.69) is 48.8 Å². The standard InChI is InChI=1S/C12H9BrIN3O/c13-7-5-10(11(15)16-6-7)12(18)17-9-3-1-8(14)2-4-9/h1-6H,(H2,15,16)(H,17,18). The Bertz CT molecular complexity index is 586. The first-order valence-corrected chi connectivity index (χ1v) is 6.91. The van der Waals surface area contributed by atoms with Crippen LogP contribution < -0.4 is 11.1 Å². The molecule has 4 nitrogen and oxygen atoms in total. The fourth-order valence-electron chi connectivity index (χ4n) is 1.36. The number of nitrogen functional groups attached to an aromatic ring is 1. The average molecular weight is 418 g/mol. The number of aromatic nitrogens is 1. The van der Waals surface area contributed by atoms with E-state index < -0.39 is 0 Å². The minimum absolute atomic E-state index is 0.209. The van der Waals surface area contributed by atoms with E-state index >= 15 is 0 Å². The van der Waals surface area contributed by atoms with Gasteiger partial charge in [0.15, 0.2) is 0 Å². The van der Waals surface area contributed by atoms with Gasteiger partial charge in [-0.3, -0.25) is 4.79 Å². The van der Waals surface area contributed by atoms with E-state index in [1.165, 1.54) is 0 Å². The molecule has 1 heterocycles. The fraction of sp³-hybridized carbons (Fsp3) is 0. The molecule has 2 rings (SSSR count). The minimum atomic E-state index is -0.275. The van der Waals surface area contributed by atoms with Crippen LogP contribution in [0.4, 0.5) is 11.5 Å². The SMILES string of the molecule is Nc1ncc(Br)cc1C(=O)Nc1ccc(I)cc1. The Morgan fingerprint density at radius 2 is 2.00 bits per heavy atom. The number of nitrogens with one attached hydrogen (secondary N) is 1. The Labute approximate surface area is 126 Å². The van der Waals surface area contributed by atoms with Gasteiger partial charge in [-0.25, -0.2) is 4.98 Å². The third-order valence-electron chi connectivity index (χ3n) is 2.23. The lowest BCUT2D eigenvalue weighted by Gasteiger charge is -2.07. The van der Waals surface area contributed by atoms with Crippen LogP contribution >= 0.6 is 38.5 Å². The van der Waals surface area contributed by atoms with Gasteiger partial charge < -0.3 is 11.1 Å². The van der Waals surface area contributed by atoms with E-state index in [1.807, 2.05) is 24.3 Å². The Morgan fingerprint density at radius 1 is 1.33 bits per heavy atom. The summed E-state index contributed by atoms with van der Waals surface area (Å²) in [4.78, 5) is 15.9. The molecule has 92 valence electrons. The van der Waals surface area contributed by atoms with Crippen molar-refractivity contribution in [2.45, 2.75) is 0 Å². The number of nitrogens with two attached hydrogens (primary N) is 1. The van der Waals surface area contributed by atoms with Crippen molar-refractivity contribution in [3.8, 4) is 0 Å². The summed E-state index contributed by atoms with van der Waals surface area (Å²) >= 11 is 5.46. The lowest BCUT2D eigenvalue weighted by Crippen LogP contribution is -2.14. The summed E-state index contributed by atoms with van der Waals surface area (Å²) in [5.41, 5.74) is 6.75. The van der Waals surface area contributed by atoms with Crippen LogP contribution in [0.1, 0.15) is 10.4 Å². The number of nitrogens with zero attached hydrogens (tertiary/aromatic N) is 1. The van der Waals surface area contributed by atoms with E-state index in [4.69, 9.17) is 5.73 Å². The molecular weight excluding hydrogens is 409 g/mol. The van der Waals surface area contributed by atoms with E-state index in [1.54, 1.807) is 12.3 Å². The highest BCUT2D eigenvalue weighted by molar-refractivity contribution is 14.1. The van der Waals surface area contributed by atoms with Crippen LogP contribution in [-0.4, -0.2) is 10.9 Å². The summed E-state index contributed by atoms with van der Waals surface area (Å²) < 4.78 is 1.82. The van der Waals surface area contributed by atoms with E-state index in [0.29, 0.717) is 10.0 Å². The Hall–Kier alpha value is -1.15. The van der Waals surface area contributed by atoms with E-state index in [9.17, 15) is 4.79 Å². The molecule has 0 radical (unpaired) electrons. The number of carbonyl (C=O) groups is 1. The van der Waals surface area contributed by atoms with Crippen LogP contribution in [0, 0.1) is 3.57 Å². The van der Waals surface area contributed by atoms with Crippen LogP contribution in [0.3, 0.4) is 0 Å². The molecule has 0 fully saturated rings. The van der Waals surface area contributed by atoms with Crippen molar-refractivity contribution in [1.29, 1.82) is 0 Å². The van der Waals surface area contributed by atoms with Gasteiger partial charge in [-0.1, -0.05) is 0 Å². The molecule has 0 bridgehead atoms. The molecule has 3 N–H and O–H groups in total. The quantitative estimate of drug-likeness (QED) is 0.736. The number of hydrogen-bond donors (Lipinski definition) is 2. The van der Waals surface area contributed by atoms with Gasteiger partial charge in [0, 0.05) is 19.9 Å².